The van der Waals surface area contributed by atoms with Crippen LogP contribution in [-0.4, -0.2) is 14.8 Å². The average Bonchev–Trinajstić information content (AvgIpc) is 3.03. The fourth-order valence-corrected chi connectivity index (χ4v) is 4.73. The number of hydrogen-bond donors (Lipinski definition) is 0. The number of nitrogens with zero attached hydrogens (tertiary/aromatic N) is 3. The molecule has 4 nitrogen and oxygen atoms in total. The second-order valence-electron chi connectivity index (χ2n) is 5.03. The molecule has 0 unspecified atom stereocenters. The Kier molecular flexibility index (Phi) is 3.87. The molecule has 0 N–H and O–H groups in total. The average molecular weight is 317 g/mol. The molecule has 0 aromatic carbocycles. The summed E-state index contributed by atoms with van der Waals surface area (Å²) in [5.41, 5.74) is 1.20. The number of hydrogen-bond acceptors (Lipinski definition) is 5. The molecule has 0 saturated carbocycles. The molecule has 0 radical (unpaired) electrons. The van der Waals surface area contributed by atoms with Crippen molar-refractivity contribution in [3.63, 3.8) is 0 Å². The zero-order chi connectivity index (χ0) is 15.0. The fourth-order valence-electron chi connectivity index (χ4n) is 2.62. The summed E-state index contributed by atoms with van der Waals surface area (Å²) in [6, 6.07) is 2.17. The number of fused-ring (bicyclic) bond motifs is 3. The minimum atomic E-state index is -0.239. The third-order valence-corrected chi connectivity index (χ3v) is 5.73. The van der Waals surface area contributed by atoms with Gasteiger partial charge >= 0.3 is 0 Å². The highest BCUT2D eigenvalue weighted by Crippen LogP contribution is 2.35. The van der Waals surface area contributed by atoms with Gasteiger partial charge in [0.05, 0.1) is 16.7 Å². The van der Waals surface area contributed by atoms with Crippen LogP contribution in [0.4, 0.5) is 0 Å². The van der Waals surface area contributed by atoms with E-state index in [1.54, 1.807) is 22.0 Å². The van der Waals surface area contributed by atoms with E-state index in [1.807, 2.05) is 6.92 Å². The highest BCUT2D eigenvalue weighted by atomic mass is 32.2. The van der Waals surface area contributed by atoms with Gasteiger partial charge in [0, 0.05) is 11.4 Å². The van der Waals surface area contributed by atoms with Crippen LogP contribution in [0.3, 0.4) is 0 Å². The van der Waals surface area contributed by atoms with Crippen LogP contribution >= 0.6 is 23.1 Å². The van der Waals surface area contributed by atoms with Gasteiger partial charge in [0.2, 0.25) is 0 Å². The zero-order valence-electron chi connectivity index (χ0n) is 11.8. The molecule has 2 heterocycles. The van der Waals surface area contributed by atoms with Crippen LogP contribution < -0.4 is 5.56 Å². The summed E-state index contributed by atoms with van der Waals surface area (Å²) in [5, 5.41) is 10.1. The molecule has 1 atom stereocenters. The lowest BCUT2D eigenvalue weighted by molar-refractivity contribution is 0.671. The van der Waals surface area contributed by atoms with Crippen LogP contribution in [0.5, 0.6) is 0 Å². The largest absolute Gasteiger partial charge is 0.283 e. The number of thioether (sulfide) groups is 1. The lowest BCUT2D eigenvalue weighted by atomic mass is 10.2. The number of thiophene rings is 1. The van der Waals surface area contributed by atoms with Gasteiger partial charge in [0.15, 0.2) is 5.16 Å². The van der Waals surface area contributed by atoms with Crippen LogP contribution in [0.15, 0.2) is 22.6 Å². The predicted molar refractivity (Wildman–Crippen MR) is 87.0 cm³/mol. The standard InChI is InChI=1S/C15H15N3OS2/c1-3-7-18-14(19)12-10-5-4-6-11(10)21-13(12)17-15(18)20-9(2)8-16/h3,9H,1,4-7H2,2H3/t9-/m0/s1. The minimum absolute atomic E-state index is 0.00643. The van der Waals surface area contributed by atoms with E-state index < -0.39 is 0 Å². The predicted octanol–water partition coefficient (Wildman–Crippen LogP) is 3.14. The summed E-state index contributed by atoms with van der Waals surface area (Å²) in [6.45, 7) is 5.96. The summed E-state index contributed by atoms with van der Waals surface area (Å²) in [7, 11) is 0. The molecule has 1 aliphatic carbocycles. The molecular weight excluding hydrogens is 302 g/mol. The normalized spacial score (nSPS) is 14.9. The SMILES string of the molecule is C=CCn1c(S[C@@H](C)C#N)nc2sc3c(c2c1=O)CCC3. The molecule has 1 aliphatic rings. The molecule has 0 spiro atoms. The maximum absolute atomic E-state index is 12.8. The summed E-state index contributed by atoms with van der Waals surface area (Å²) in [6.07, 6.45) is 4.85. The third-order valence-electron chi connectivity index (χ3n) is 3.57. The molecule has 0 amide bonds. The van der Waals surface area contributed by atoms with Crippen LogP contribution in [0.2, 0.25) is 0 Å². The second kappa shape index (κ2) is 5.66. The number of aromatic nitrogens is 2. The van der Waals surface area contributed by atoms with Gasteiger partial charge in [-0.2, -0.15) is 5.26 Å². The van der Waals surface area contributed by atoms with Gasteiger partial charge < -0.3 is 0 Å². The molecule has 0 aliphatic heterocycles. The van der Waals surface area contributed by atoms with Crippen molar-refractivity contribution in [3.05, 3.63) is 33.4 Å². The lowest BCUT2D eigenvalue weighted by Gasteiger charge is -2.11. The molecular formula is C15H15N3OS2. The van der Waals surface area contributed by atoms with Gasteiger partial charge in [0.25, 0.3) is 5.56 Å². The molecule has 6 heteroatoms. The maximum atomic E-state index is 12.8. The summed E-state index contributed by atoms with van der Waals surface area (Å²) < 4.78 is 1.64. The van der Waals surface area contributed by atoms with Crippen molar-refractivity contribution in [1.82, 2.24) is 9.55 Å². The number of nitriles is 1. The highest BCUT2D eigenvalue weighted by molar-refractivity contribution is 8.00. The van der Waals surface area contributed by atoms with E-state index in [-0.39, 0.29) is 10.8 Å². The monoisotopic (exact) mass is 317 g/mol. The number of aryl methyl sites for hydroxylation is 2. The first-order valence-corrected chi connectivity index (χ1v) is 8.57. The first-order valence-electron chi connectivity index (χ1n) is 6.88. The molecule has 0 bridgehead atoms. The molecule has 108 valence electrons. The Balaban J connectivity index is 2.23. The van der Waals surface area contributed by atoms with Crippen molar-refractivity contribution in [2.75, 3.05) is 0 Å². The molecule has 21 heavy (non-hydrogen) atoms. The topological polar surface area (TPSA) is 58.7 Å². The number of allylic oxidation sites excluding steroid dienone is 1. The molecule has 0 fully saturated rings. The minimum Gasteiger partial charge on any atom is -0.283 e. The van der Waals surface area contributed by atoms with Crippen LogP contribution in [0.25, 0.3) is 10.2 Å². The molecule has 3 rings (SSSR count). The van der Waals surface area contributed by atoms with E-state index in [1.165, 1.54) is 22.2 Å². The van der Waals surface area contributed by atoms with Crippen molar-refractivity contribution in [2.24, 2.45) is 0 Å². The van der Waals surface area contributed by atoms with Crippen LogP contribution in [0, 0.1) is 11.3 Å². The van der Waals surface area contributed by atoms with Crippen molar-refractivity contribution >= 4 is 33.3 Å². The Hall–Kier alpha value is -1.58. The second-order valence-corrected chi connectivity index (χ2v) is 7.42. The maximum Gasteiger partial charge on any atom is 0.263 e. The first kappa shape index (κ1) is 14.4. The lowest BCUT2D eigenvalue weighted by Crippen LogP contribution is -2.23. The summed E-state index contributed by atoms with van der Waals surface area (Å²) >= 11 is 2.96. The Labute approximate surface area is 131 Å². The number of rotatable bonds is 4. The van der Waals surface area contributed by atoms with Gasteiger partial charge in [-0.15, -0.1) is 17.9 Å². The smallest absolute Gasteiger partial charge is 0.263 e. The fraction of sp³-hybridized carbons (Fsp3) is 0.400. The summed E-state index contributed by atoms with van der Waals surface area (Å²) in [4.78, 5) is 19.6. The van der Waals surface area contributed by atoms with E-state index in [0.29, 0.717) is 11.7 Å². The molecule has 0 saturated heterocycles. The zero-order valence-corrected chi connectivity index (χ0v) is 13.4. The third kappa shape index (κ3) is 2.41. The first-order chi connectivity index (χ1) is 10.2. The highest BCUT2D eigenvalue weighted by Gasteiger charge is 2.23. The van der Waals surface area contributed by atoms with Crippen molar-refractivity contribution < 1.29 is 0 Å². The van der Waals surface area contributed by atoms with E-state index in [2.05, 4.69) is 17.6 Å². The van der Waals surface area contributed by atoms with Gasteiger partial charge in [-0.05, 0) is 31.7 Å². The van der Waals surface area contributed by atoms with Crippen LogP contribution in [0.1, 0.15) is 23.8 Å². The van der Waals surface area contributed by atoms with Gasteiger partial charge in [-0.1, -0.05) is 17.8 Å². The van der Waals surface area contributed by atoms with E-state index in [0.717, 1.165) is 29.5 Å². The Morgan fingerprint density at radius 3 is 3.14 bits per heavy atom. The molecule has 2 aromatic heterocycles. The van der Waals surface area contributed by atoms with E-state index in [9.17, 15) is 4.79 Å². The van der Waals surface area contributed by atoms with Gasteiger partial charge in [-0.25, -0.2) is 4.98 Å². The van der Waals surface area contributed by atoms with E-state index >= 15 is 0 Å². The van der Waals surface area contributed by atoms with Crippen molar-refractivity contribution in [3.8, 4) is 6.07 Å². The van der Waals surface area contributed by atoms with Gasteiger partial charge in [-0.3, -0.25) is 9.36 Å². The molecule has 2 aromatic rings. The van der Waals surface area contributed by atoms with Crippen molar-refractivity contribution in [1.29, 1.82) is 5.26 Å². The Bertz CT molecular complexity index is 813. The van der Waals surface area contributed by atoms with Crippen LogP contribution in [-0.2, 0) is 19.4 Å². The Morgan fingerprint density at radius 2 is 2.43 bits per heavy atom. The van der Waals surface area contributed by atoms with Gasteiger partial charge in [0.1, 0.15) is 4.83 Å². The summed E-state index contributed by atoms with van der Waals surface area (Å²) in [5.74, 6) is 0. The van der Waals surface area contributed by atoms with Crippen molar-refractivity contribution in [2.45, 2.75) is 43.1 Å². The van der Waals surface area contributed by atoms with E-state index in [4.69, 9.17) is 5.26 Å². The Morgan fingerprint density at radius 1 is 1.62 bits per heavy atom. The quantitative estimate of drug-likeness (QED) is 0.494.